The monoisotopic (exact) mass is 285 g/mol. The van der Waals surface area contributed by atoms with Gasteiger partial charge in [0, 0.05) is 17.1 Å². The lowest BCUT2D eigenvalue weighted by Gasteiger charge is -2.06. The van der Waals surface area contributed by atoms with Crippen molar-refractivity contribution in [3.05, 3.63) is 46.8 Å². The van der Waals surface area contributed by atoms with E-state index in [9.17, 15) is 0 Å². The maximum Gasteiger partial charge on any atom is 0.188 e. The van der Waals surface area contributed by atoms with Gasteiger partial charge in [0.2, 0.25) is 0 Å². The van der Waals surface area contributed by atoms with Crippen molar-refractivity contribution in [2.45, 2.75) is 24.8 Å². The number of hydrogen-bond acceptors (Lipinski definition) is 5. The summed E-state index contributed by atoms with van der Waals surface area (Å²) in [5.41, 5.74) is 3.53. The normalized spacial score (nSPS) is 10.1. The summed E-state index contributed by atoms with van der Waals surface area (Å²) in [5, 5.41) is 9.83. The summed E-state index contributed by atoms with van der Waals surface area (Å²) < 4.78 is 5.13. The summed E-state index contributed by atoms with van der Waals surface area (Å²) in [5.74, 6) is 1.32. The zero-order valence-corrected chi connectivity index (χ0v) is 12.5. The summed E-state index contributed by atoms with van der Waals surface area (Å²) in [4.78, 5) is 8.78. The Morgan fingerprint density at radius 1 is 1.20 bits per heavy atom. The van der Waals surface area contributed by atoms with Crippen LogP contribution in [0.1, 0.15) is 22.5 Å². The van der Waals surface area contributed by atoms with E-state index in [1.165, 1.54) is 0 Å². The van der Waals surface area contributed by atoms with Crippen LogP contribution < -0.4 is 4.74 Å². The molecule has 0 N–H and O–H groups in total. The van der Waals surface area contributed by atoms with Gasteiger partial charge in [-0.2, -0.15) is 5.26 Å². The molecule has 2 aromatic rings. The zero-order valence-electron chi connectivity index (χ0n) is 11.7. The van der Waals surface area contributed by atoms with Crippen molar-refractivity contribution in [2.75, 3.05) is 7.11 Å². The van der Waals surface area contributed by atoms with E-state index in [0.29, 0.717) is 11.3 Å². The van der Waals surface area contributed by atoms with Gasteiger partial charge in [-0.1, -0.05) is 17.8 Å². The van der Waals surface area contributed by atoms with Crippen LogP contribution in [0.3, 0.4) is 0 Å². The number of benzene rings is 1. The summed E-state index contributed by atoms with van der Waals surface area (Å²) in [6.45, 7) is 3.92. The van der Waals surface area contributed by atoms with Crippen LogP contribution in [0.25, 0.3) is 0 Å². The van der Waals surface area contributed by atoms with E-state index >= 15 is 0 Å². The average Bonchev–Trinajstić information content (AvgIpc) is 2.43. The van der Waals surface area contributed by atoms with Crippen LogP contribution in [0.2, 0.25) is 0 Å². The van der Waals surface area contributed by atoms with Gasteiger partial charge in [0.15, 0.2) is 5.16 Å². The standard InChI is InChI=1S/C15H15N3OS/c1-10-6-11(2)18-15(17-10)20-9-12-4-5-14(19-3)13(7-12)8-16/h4-7H,9H2,1-3H3. The number of rotatable bonds is 4. The number of ether oxygens (including phenoxy) is 1. The highest BCUT2D eigenvalue weighted by atomic mass is 32.2. The summed E-state index contributed by atoms with van der Waals surface area (Å²) in [6, 6.07) is 9.70. The van der Waals surface area contributed by atoms with Gasteiger partial charge in [0.05, 0.1) is 12.7 Å². The fourth-order valence-electron chi connectivity index (χ4n) is 1.84. The Kier molecular flexibility index (Phi) is 4.59. The highest BCUT2D eigenvalue weighted by Gasteiger charge is 2.06. The lowest BCUT2D eigenvalue weighted by molar-refractivity contribution is 0.413. The Balaban J connectivity index is 2.13. The first-order valence-electron chi connectivity index (χ1n) is 6.14. The molecule has 20 heavy (non-hydrogen) atoms. The van der Waals surface area contributed by atoms with Gasteiger partial charge in [0.25, 0.3) is 0 Å². The first-order valence-corrected chi connectivity index (χ1v) is 7.13. The van der Waals surface area contributed by atoms with Crippen LogP contribution in [-0.2, 0) is 5.75 Å². The van der Waals surface area contributed by atoms with E-state index in [1.54, 1.807) is 18.9 Å². The fourth-order valence-corrected chi connectivity index (χ4v) is 2.73. The largest absolute Gasteiger partial charge is 0.495 e. The maximum atomic E-state index is 9.07. The number of hydrogen-bond donors (Lipinski definition) is 0. The van der Waals surface area contributed by atoms with Crippen molar-refractivity contribution in [3.63, 3.8) is 0 Å². The highest BCUT2D eigenvalue weighted by Crippen LogP contribution is 2.24. The van der Waals surface area contributed by atoms with Gasteiger partial charge in [-0.05, 0) is 37.6 Å². The molecule has 0 atom stereocenters. The fraction of sp³-hybridized carbons (Fsp3) is 0.267. The maximum absolute atomic E-state index is 9.07. The third kappa shape index (κ3) is 3.49. The van der Waals surface area contributed by atoms with E-state index in [1.807, 2.05) is 38.1 Å². The van der Waals surface area contributed by atoms with Gasteiger partial charge in [-0.25, -0.2) is 9.97 Å². The van der Waals surface area contributed by atoms with E-state index in [2.05, 4.69) is 16.0 Å². The molecule has 102 valence electrons. The Bertz CT molecular complexity index is 644. The van der Waals surface area contributed by atoms with Crippen molar-refractivity contribution in [1.82, 2.24) is 9.97 Å². The number of nitriles is 1. The molecule has 0 saturated carbocycles. The predicted octanol–water partition coefficient (Wildman–Crippen LogP) is 3.27. The molecule has 1 aromatic heterocycles. The number of thioether (sulfide) groups is 1. The second-order valence-electron chi connectivity index (χ2n) is 4.37. The van der Waals surface area contributed by atoms with Crippen molar-refractivity contribution in [2.24, 2.45) is 0 Å². The van der Waals surface area contributed by atoms with Crippen molar-refractivity contribution in [3.8, 4) is 11.8 Å². The predicted molar refractivity (Wildman–Crippen MR) is 78.8 cm³/mol. The number of nitrogens with zero attached hydrogens (tertiary/aromatic N) is 3. The number of aryl methyl sites for hydroxylation is 2. The quantitative estimate of drug-likeness (QED) is 0.637. The number of aromatic nitrogens is 2. The molecule has 1 heterocycles. The molecule has 5 heteroatoms. The van der Waals surface area contributed by atoms with Gasteiger partial charge in [-0.15, -0.1) is 0 Å². The molecular formula is C15H15N3OS. The van der Waals surface area contributed by atoms with Crippen LogP contribution in [0.4, 0.5) is 0 Å². The molecule has 4 nitrogen and oxygen atoms in total. The molecule has 0 spiro atoms. The topological polar surface area (TPSA) is 58.8 Å². The second-order valence-corrected chi connectivity index (χ2v) is 5.31. The van der Waals surface area contributed by atoms with Crippen molar-refractivity contribution >= 4 is 11.8 Å². The SMILES string of the molecule is COc1ccc(CSc2nc(C)cc(C)n2)cc1C#N. The van der Waals surface area contributed by atoms with Crippen LogP contribution >= 0.6 is 11.8 Å². The van der Waals surface area contributed by atoms with Crippen LogP contribution in [0.15, 0.2) is 29.4 Å². The van der Waals surface area contributed by atoms with Crippen LogP contribution in [0.5, 0.6) is 5.75 Å². The van der Waals surface area contributed by atoms with Crippen LogP contribution in [-0.4, -0.2) is 17.1 Å². The third-order valence-corrected chi connectivity index (χ3v) is 3.63. The molecule has 0 aliphatic heterocycles. The average molecular weight is 285 g/mol. The molecule has 0 fully saturated rings. The summed E-state index contributed by atoms with van der Waals surface area (Å²) in [6.07, 6.45) is 0. The smallest absolute Gasteiger partial charge is 0.188 e. The van der Waals surface area contributed by atoms with E-state index in [0.717, 1.165) is 27.9 Å². The summed E-state index contributed by atoms with van der Waals surface area (Å²) >= 11 is 1.56. The Labute approximate surface area is 122 Å². The Morgan fingerprint density at radius 3 is 2.50 bits per heavy atom. The number of methoxy groups -OCH3 is 1. The second kappa shape index (κ2) is 6.40. The molecule has 2 rings (SSSR count). The lowest BCUT2D eigenvalue weighted by atomic mass is 10.1. The van der Waals surface area contributed by atoms with E-state index < -0.39 is 0 Å². The molecule has 0 amide bonds. The molecule has 0 radical (unpaired) electrons. The van der Waals surface area contributed by atoms with E-state index in [-0.39, 0.29) is 0 Å². The minimum Gasteiger partial charge on any atom is -0.495 e. The zero-order chi connectivity index (χ0) is 14.5. The first kappa shape index (κ1) is 14.4. The molecule has 1 aromatic carbocycles. The Morgan fingerprint density at radius 2 is 1.90 bits per heavy atom. The first-order chi connectivity index (χ1) is 9.62. The van der Waals surface area contributed by atoms with Crippen molar-refractivity contribution in [1.29, 1.82) is 5.26 Å². The molecular weight excluding hydrogens is 270 g/mol. The Hall–Kier alpha value is -2.06. The van der Waals surface area contributed by atoms with Gasteiger partial charge in [0.1, 0.15) is 11.8 Å². The highest BCUT2D eigenvalue weighted by molar-refractivity contribution is 7.98. The van der Waals surface area contributed by atoms with Crippen LogP contribution in [0, 0.1) is 25.2 Å². The molecule has 0 aliphatic rings. The summed E-state index contributed by atoms with van der Waals surface area (Å²) in [7, 11) is 1.56. The molecule has 0 bridgehead atoms. The van der Waals surface area contributed by atoms with Gasteiger partial charge >= 0.3 is 0 Å². The van der Waals surface area contributed by atoms with Gasteiger partial charge in [-0.3, -0.25) is 0 Å². The van der Waals surface area contributed by atoms with Crippen molar-refractivity contribution < 1.29 is 4.74 Å². The minimum atomic E-state index is 0.548. The lowest BCUT2D eigenvalue weighted by Crippen LogP contribution is -1.94. The molecule has 0 unspecified atom stereocenters. The van der Waals surface area contributed by atoms with E-state index in [4.69, 9.17) is 10.00 Å². The third-order valence-electron chi connectivity index (χ3n) is 2.71. The molecule has 0 saturated heterocycles. The van der Waals surface area contributed by atoms with Gasteiger partial charge < -0.3 is 4.74 Å². The minimum absolute atomic E-state index is 0.548. The molecule has 0 aliphatic carbocycles.